The van der Waals surface area contributed by atoms with Crippen LogP contribution in [0.15, 0.2) is 36.5 Å². The van der Waals surface area contributed by atoms with E-state index >= 15 is 0 Å². The average Bonchev–Trinajstić information content (AvgIpc) is 3.41. The lowest BCUT2D eigenvalue weighted by Crippen LogP contribution is -2.32. The minimum atomic E-state index is -0.268. The molecule has 2 atom stereocenters. The number of nitrogens with zero attached hydrogens (tertiary/aromatic N) is 2. The lowest BCUT2D eigenvalue weighted by molar-refractivity contribution is 0.0958. The second-order valence-electron chi connectivity index (χ2n) is 6.76. The van der Waals surface area contributed by atoms with Crippen LogP contribution in [0.4, 0.5) is 5.13 Å². The number of nitrogens with one attached hydrogen (secondary N) is 2. The van der Waals surface area contributed by atoms with Crippen LogP contribution in [0, 0.1) is 5.92 Å². The van der Waals surface area contributed by atoms with E-state index in [0.29, 0.717) is 23.8 Å². The summed E-state index contributed by atoms with van der Waals surface area (Å²) in [6, 6.07) is 8.85. The van der Waals surface area contributed by atoms with Crippen molar-refractivity contribution in [3.8, 4) is 11.5 Å². The fourth-order valence-electron chi connectivity index (χ4n) is 3.23. The van der Waals surface area contributed by atoms with Crippen molar-refractivity contribution < 1.29 is 19.4 Å². The number of benzene rings is 1. The molecular formula is C20H22N4O4S. The molecule has 2 aromatic heterocycles. The van der Waals surface area contributed by atoms with Crippen LogP contribution in [0.1, 0.15) is 16.9 Å². The third-order valence-corrected chi connectivity index (χ3v) is 5.78. The average molecular weight is 414 g/mol. The molecule has 0 spiro atoms. The Bertz CT molecular complexity index is 1000. The molecule has 4 rings (SSSR count). The van der Waals surface area contributed by atoms with E-state index in [9.17, 15) is 9.90 Å². The predicted octanol–water partition coefficient (Wildman–Crippen LogP) is 2.65. The summed E-state index contributed by atoms with van der Waals surface area (Å²) < 4.78 is 12.3. The highest BCUT2D eigenvalue weighted by Crippen LogP contribution is 2.32. The third kappa shape index (κ3) is 4.47. The van der Waals surface area contributed by atoms with Crippen molar-refractivity contribution in [3.63, 3.8) is 0 Å². The van der Waals surface area contributed by atoms with Gasteiger partial charge in [0.1, 0.15) is 17.2 Å². The molecule has 0 aliphatic carbocycles. The van der Waals surface area contributed by atoms with Crippen LogP contribution in [0.3, 0.4) is 0 Å². The van der Waals surface area contributed by atoms with Crippen LogP contribution in [0.25, 0.3) is 10.2 Å². The largest absolute Gasteiger partial charge is 0.457 e. The number of aliphatic hydroxyl groups is 1. The Morgan fingerprint density at radius 1 is 1.38 bits per heavy atom. The van der Waals surface area contributed by atoms with Crippen molar-refractivity contribution in [2.75, 3.05) is 32.2 Å². The van der Waals surface area contributed by atoms with E-state index in [1.807, 2.05) is 18.2 Å². The third-order valence-electron chi connectivity index (χ3n) is 4.83. The molecule has 0 bridgehead atoms. The lowest BCUT2D eigenvalue weighted by Gasteiger charge is -2.20. The number of rotatable bonds is 7. The van der Waals surface area contributed by atoms with Crippen LogP contribution in [0.5, 0.6) is 11.5 Å². The van der Waals surface area contributed by atoms with Gasteiger partial charge in [-0.25, -0.2) is 4.98 Å². The van der Waals surface area contributed by atoms with Gasteiger partial charge in [-0.15, -0.1) is 0 Å². The highest BCUT2D eigenvalue weighted by molar-refractivity contribution is 7.22. The summed E-state index contributed by atoms with van der Waals surface area (Å²) in [7, 11) is 1.56. The fourth-order valence-corrected chi connectivity index (χ4v) is 4.19. The van der Waals surface area contributed by atoms with Crippen molar-refractivity contribution in [2.45, 2.75) is 12.5 Å². The molecule has 3 N–H and O–H groups in total. The van der Waals surface area contributed by atoms with Crippen LogP contribution in [-0.2, 0) is 4.74 Å². The van der Waals surface area contributed by atoms with Crippen molar-refractivity contribution in [3.05, 3.63) is 42.2 Å². The molecule has 1 saturated heterocycles. The minimum absolute atomic E-state index is 0.0357. The minimum Gasteiger partial charge on any atom is -0.457 e. The SMILES string of the molecule is CNC(=O)c1cc(Oc2ccc3nc(NC(CO)C4CCOC4)sc3c2)ccn1. The molecule has 29 heavy (non-hydrogen) atoms. The Kier molecular flexibility index (Phi) is 5.89. The maximum atomic E-state index is 11.7. The molecule has 3 heterocycles. The molecule has 152 valence electrons. The van der Waals surface area contributed by atoms with E-state index in [2.05, 4.69) is 20.6 Å². The maximum absolute atomic E-state index is 11.7. The molecule has 1 aliphatic rings. The number of anilines is 1. The molecule has 1 fully saturated rings. The van der Waals surface area contributed by atoms with Gasteiger partial charge < -0.3 is 25.2 Å². The van der Waals surface area contributed by atoms with Crippen molar-refractivity contribution in [1.29, 1.82) is 0 Å². The molecule has 8 nitrogen and oxygen atoms in total. The van der Waals surface area contributed by atoms with Crippen LogP contribution < -0.4 is 15.4 Å². The number of carbonyl (C=O) groups excluding carboxylic acids is 1. The Morgan fingerprint density at radius 3 is 3.00 bits per heavy atom. The number of ether oxygens (including phenoxy) is 2. The highest BCUT2D eigenvalue weighted by Gasteiger charge is 2.26. The summed E-state index contributed by atoms with van der Waals surface area (Å²) >= 11 is 1.51. The van der Waals surface area contributed by atoms with Gasteiger partial charge in [-0.2, -0.15) is 0 Å². The van der Waals surface area contributed by atoms with Gasteiger partial charge in [0.2, 0.25) is 0 Å². The zero-order valence-corrected chi connectivity index (χ0v) is 16.7. The summed E-state index contributed by atoms with van der Waals surface area (Å²) in [5, 5.41) is 16.4. The summed E-state index contributed by atoms with van der Waals surface area (Å²) in [6.07, 6.45) is 2.47. The van der Waals surface area contributed by atoms with Gasteiger partial charge in [0.25, 0.3) is 5.91 Å². The second-order valence-corrected chi connectivity index (χ2v) is 7.79. The summed E-state index contributed by atoms with van der Waals surface area (Å²) in [6.45, 7) is 1.43. The molecule has 0 saturated carbocycles. The lowest BCUT2D eigenvalue weighted by atomic mass is 10.0. The van der Waals surface area contributed by atoms with Crippen LogP contribution in [0.2, 0.25) is 0 Å². The normalized spacial score (nSPS) is 17.2. The van der Waals surface area contributed by atoms with E-state index in [4.69, 9.17) is 9.47 Å². The van der Waals surface area contributed by atoms with E-state index in [1.54, 1.807) is 19.2 Å². The number of fused-ring (bicyclic) bond motifs is 1. The number of carbonyl (C=O) groups is 1. The van der Waals surface area contributed by atoms with E-state index < -0.39 is 0 Å². The topological polar surface area (TPSA) is 106 Å². The van der Waals surface area contributed by atoms with Gasteiger partial charge >= 0.3 is 0 Å². The first-order valence-corrected chi connectivity index (χ1v) is 10.2. The smallest absolute Gasteiger partial charge is 0.269 e. The first kappa shape index (κ1) is 19.6. The zero-order chi connectivity index (χ0) is 20.2. The quantitative estimate of drug-likeness (QED) is 0.546. The number of pyridine rings is 1. The Labute approximate surface area is 171 Å². The van der Waals surface area contributed by atoms with Crippen molar-refractivity contribution in [2.24, 2.45) is 5.92 Å². The summed E-state index contributed by atoms with van der Waals surface area (Å²) in [5.41, 5.74) is 1.14. The van der Waals surface area contributed by atoms with E-state index in [0.717, 1.165) is 28.4 Å². The van der Waals surface area contributed by atoms with Gasteiger partial charge in [0, 0.05) is 37.9 Å². The molecule has 3 aromatic rings. The number of aliphatic hydroxyl groups excluding tert-OH is 1. The van der Waals surface area contributed by atoms with E-state index in [1.165, 1.54) is 17.5 Å². The molecule has 2 unspecified atom stereocenters. The summed E-state index contributed by atoms with van der Waals surface area (Å²) in [4.78, 5) is 20.4. The van der Waals surface area contributed by atoms with Gasteiger partial charge in [-0.1, -0.05) is 11.3 Å². The molecule has 1 aliphatic heterocycles. The maximum Gasteiger partial charge on any atom is 0.269 e. The monoisotopic (exact) mass is 414 g/mol. The van der Waals surface area contributed by atoms with Crippen molar-refractivity contribution >= 4 is 32.6 Å². The second kappa shape index (κ2) is 8.73. The molecule has 1 amide bonds. The Morgan fingerprint density at radius 2 is 2.24 bits per heavy atom. The molecular weight excluding hydrogens is 392 g/mol. The zero-order valence-electron chi connectivity index (χ0n) is 15.9. The molecule has 1 aromatic carbocycles. The summed E-state index contributed by atoms with van der Waals surface area (Å²) in [5.74, 6) is 1.19. The number of thiazole rings is 1. The first-order valence-electron chi connectivity index (χ1n) is 9.38. The number of hydrogen-bond acceptors (Lipinski definition) is 8. The van der Waals surface area contributed by atoms with Gasteiger partial charge in [-0.3, -0.25) is 9.78 Å². The molecule has 9 heteroatoms. The van der Waals surface area contributed by atoms with Crippen LogP contribution >= 0.6 is 11.3 Å². The standard InChI is InChI=1S/C20H22N4O4S/c1-21-19(26)16-8-14(4-6-22-16)28-13-2-3-15-18(9-13)29-20(23-15)24-17(10-25)12-5-7-27-11-12/h2-4,6,8-9,12,17,25H,5,7,10-11H2,1H3,(H,21,26)(H,23,24). The van der Waals surface area contributed by atoms with Crippen LogP contribution in [-0.4, -0.2) is 53.9 Å². The van der Waals surface area contributed by atoms with Gasteiger partial charge in [0.05, 0.1) is 29.5 Å². The van der Waals surface area contributed by atoms with Gasteiger partial charge in [0.15, 0.2) is 5.13 Å². The fraction of sp³-hybridized carbons (Fsp3) is 0.350. The highest BCUT2D eigenvalue weighted by atomic mass is 32.1. The molecule has 0 radical (unpaired) electrons. The Hall–Kier alpha value is -2.75. The number of hydrogen-bond donors (Lipinski definition) is 3. The predicted molar refractivity (Wildman–Crippen MR) is 111 cm³/mol. The Balaban J connectivity index is 1.50. The number of aromatic nitrogens is 2. The van der Waals surface area contributed by atoms with Crippen molar-refractivity contribution in [1.82, 2.24) is 15.3 Å². The first-order chi connectivity index (χ1) is 14.2. The van der Waals surface area contributed by atoms with E-state index in [-0.39, 0.29) is 24.5 Å². The number of amides is 1. The van der Waals surface area contributed by atoms with Gasteiger partial charge in [-0.05, 0) is 24.6 Å².